The number of amides is 3. The fourth-order valence-electron chi connectivity index (χ4n) is 2.36. The van der Waals surface area contributed by atoms with Crippen molar-refractivity contribution in [2.24, 2.45) is 0 Å². The smallest absolute Gasteiger partial charge is 0.270 e. The molecule has 1 saturated carbocycles. The molecule has 3 rings (SSSR count). The first-order valence-corrected chi connectivity index (χ1v) is 10.2. The second-order valence-corrected chi connectivity index (χ2v) is 8.25. The normalized spacial score (nSPS) is 12.9. The Bertz CT molecular complexity index is 961. The van der Waals surface area contributed by atoms with Crippen molar-refractivity contribution in [1.82, 2.24) is 21.0 Å². The number of hydrogen-bond acceptors (Lipinski definition) is 9. The first-order valence-electron chi connectivity index (χ1n) is 8.45. The fourth-order valence-corrected chi connectivity index (χ4v) is 4.12. The Labute approximate surface area is 173 Å². The van der Waals surface area contributed by atoms with Gasteiger partial charge in [-0.05, 0) is 18.9 Å². The molecule has 0 spiro atoms. The molecule has 0 unspecified atom stereocenters. The van der Waals surface area contributed by atoms with Crippen LogP contribution < -0.4 is 15.8 Å². The van der Waals surface area contributed by atoms with E-state index in [2.05, 4.69) is 21.0 Å². The molecule has 29 heavy (non-hydrogen) atoms. The Hall–Kier alpha value is -3.06. The minimum atomic E-state index is -0.674. The number of nitrogens with one attached hydrogen (secondary N) is 2. The number of benzene rings is 1. The Morgan fingerprint density at radius 2 is 2.07 bits per heavy atom. The van der Waals surface area contributed by atoms with Gasteiger partial charge in [-0.2, -0.15) is 0 Å². The molecular formula is C16H16N6O5S2. The Morgan fingerprint density at radius 3 is 2.72 bits per heavy atom. The number of non-ortho nitro benzene ring substituents is 1. The quantitative estimate of drug-likeness (QED) is 0.287. The molecular weight excluding hydrogens is 420 g/mol. The molecule has 1 aromatic heterocycles. The van der Waals surface area contributed by atoms with Gasteiger partial charge in [-0.15, -0.1) is 10.2 Å². The second kappa shape index (κ2) is 8.96. The molecule has 1 fully saturated rings. The first kappa shape index (κ1) is 20.7. The van der Waals surface area contributed by atoms with Crippen molar-refractivity contribution in [3.8, 4) is 0 Å². The molecule has 11 nitrogen and oxygen atoms in total. The van der Waals surface area contributed by atoms with Gasteiger partial charge >= 0.3 is 0 Å². The lowest BCUT2D eigenvalue weighted by atomic mass is 10.2. The van der Waals surface area contributed by atoms with Gasteiger partial charge in [0.15, 0.2) is 4.34 Å². The van der Waals surface area contributed by atoms with E-state index in [1.54, 1.807) is 4.90 Å². The van der Waals surface area contributed by atoms with Crippen LogP contribution in [-0.4, -0.2) is 44.6 Å². The largest absolute Gasteiger partial charge is 0.284 e. The highest BCUT2D eigenvalue weighted by Gasteiger charge is 2.34. The number of thioether (sulfide) groups is 1. The Kier molecular flexibility index (Phi) is 6.39. The lowest BCUT2D eigenvalue weighted by Gasteiger charge is -2.15. The standard InChI is InChI=1S/C16H16N6O5S2/c1-9(23)21(11-5-6-11)15-19-20-16(29-15)28-8-13(24)17-18-14(25)10-3-2-4-12(7-10)22(26)27/h2-4,7,11H,5-6,8H2,1H3,(H,17,24)(H,18,25). The molecule has 0 saturated heterocycles. The zero-order chi connectivity index (χ0) is 21.0. The van der Waals surface area contributed by atoms with Gasteiger partial charge in [0.05, 0.1) is 10.7 Å². The van der Waals surface area contributed by atoms with Gasteiger partial charge in [-0.3, -0.25) is 40.2 Å². The monoisotopic (exact) mass is 436 g/mol. The van der Waals surface area contributed by atoms with Gasteiger partial charge in [0.1, 0.15) is 0 Å². The maximum absolute atomic E-state index is 12.0. The summed E-state index contributed by atoms with van der Waals surface area (Å²) in [5.74, 6) is -1.29. The van der Waals surface area contributed by atoms with Crippen molar-refractivity contribution in [2.45, 2.75) is 30.1 Å². The number of anilines is 1. The van der Waals surface area contributed by atoms with Crippen molar-refractivity contribution in [1.29, 1.82) is 0 Å². The Balaban J connectivity index is 1.48. The molecule has 1 aliphatic carbocycles. The number of nitro groups is 1. The summed E-state index contributed by atoms with van der Waals surface area (Å²) < 4.78 is 0.520. The highest BCUT2D eigenvalue weighted by molar-refractivity contribution is 8.01. The fraction of sp³-hybridized carbons (Fsp3) is 0.312. The molecule has 2 aromatic rings. The van der Waals surface area contributed by atoms with Crippen molar-refractivity contribution in [3.05, 3.63) is 39.9 Å². The molecule has 3 amide bonds. The third-order valence-electron chi connectivity index (χ3n) is 3.81. The number of aromatic nitrogens is 2. The predicted molar refractivity (Wildman–Crippen MR) is 106 cm³/mol. The molecule has 1 aromatic carbocycles. The van der Waals surface area contributed by atoms with Crippen LogP contribution in [0, 0.1) is 10.1 Å². The van der Waals surface area contributed by atoms with Crippen LogP contribution in [0.5, 0.6) is 0 Å². The van der Waals surface area contributed by atoms with Gasteiger partial charge in [0.25, 0.3) is 11.6 Å². The minimum absolute atomic E-state index is 0.0344. The van der Waals surface area contributed by atoms with Crippen molar-refractivity contribution >= 4 is 51.6 Å². The maximum atomic E-state index is 12.0. The maximum Gasteiger partial charge on any atom is 0.270 e. The third-order valence-corrected chi connectivity index (χ3v) is 5.87. The van der Waals surface area contributed by atoms with Gasteiger partial charge in [0.2, 0.25) is 16.9 Å². The molecule has 0 aliphatic heterocycles. The van der Waals surface area contributed by atoms with Crippen LogP contribution in [0.25, 0.3) is 0 Å². The van der Waals surface area contributed by atoms with E-state index in [0.29, 0.717) is 9.47 Å². The summed E-state index contributed by atoms with van der Waals surface area (Å²) in [5, 5.41) is 19.2. The summed E-state index contributed by atoms with van der Waals surface area (Å²) in [5.41, 5.74) is 4.26. The van der Waals surface area contributed by atoms with E-state index in [1.807, 2.05) is 0 Å². The van der Waals surface area contributed by atoms with Crippen LogP contribution in [0.1, 0.15) is 30.1 Å². The van der Waals surface area contributed by atoms with Gasteiger partial charge in [0, 0.05) is 30.7 Å². The van der Waals surface area contributed by atoms with Crippen LogP contribution in [0.4, 0.5) is 10.8 Å². The molecule has 1 aliphatic rings. The van der Waals surface area contributed by atoms with E-state index < -0.39 is 16.7 Å². The molecule has 0 bridgehead atoms. The summed E-state index contributed by atoms with van der Waals surface area (Å²) in [6.45, 7) is 1.48. The lowest BCUT2D eigenvalue weighted by Crippen LogP contribution is -2.42. The van der Waals surface area contributed by atoms with E-state index in [-0.39, 0.29) is 29.0 Å². The third kappa shape index (κ3) is 5.48. The molecule has 2 N–H and O–H groups in total. The molecule has 0 atom stereocenters. The van der Waals surface area contributed by atoms with Crippen molar-refractivity contribution < 1.29 is 19.3 Å². The molecule has 0 radical (unpaired) electrons. The predicted octanol–water partition coefficient (Wildman–Crippen LogP) is 1.51. The lowest BCUT2D eigenvalue weighted by molar-refractivity contribution is -0.384. The molecule has 152 valence electrons. The molecule has 13 heteroatoms. The first-order chi connectivity index (χ1) is 13.8. The van der Waals surface area contributed by atoms with Crippen LogP contribution in [0.15, 0.2) is 28.6 Å². The Morgan fingerprint density at radius 1 is 1.31 bits per heavy atom. The van der Waals surface area contributed by atoms with Crippen LogP contribution >= 0.6 is 23.1 Å². The summed E-state index contributed by atoms with van der Waals surface area (Å²) >= 11 is 2.34. The summed E-state index contributed by atoms with van der Waals surface area (Å²) in [4.78, 5) is 47.4. The molecule has 1 heterocycles. The van der Waals surface area contributed by atoms with Gasteiger partial charge in [-0.25, -0.2) is 0 Å². The number of nitrogens with zero attached hydrogens (tertiary/aromatic N) is 4. The van der Waals surface area contributed by atoms with E-state index in [1.165, 1.54) is 36.5 Å². The second-order valence-electron chi connectivity index (χ2n) is 6.07. The van der Waals surface area contributed by atoms with Crippen molar-refractivity contribution in [3.63, 3.8) is 0 Å². The highest BCUT2D eigenvalue weighted by Crippen LogP contribution is 2.35. The zero-order valence-corrected chi connectivity index (χ0v) is 16.8. The van der Waals surface area contributed by atoms with E-state index >= 15 is 0 Å². The van der Waals surface area contributed by atoms with E-state index in [9.17, 15) is 24.5 Å². The SMILES string of the molecule is CC(=O)N(c1nnc(SCC(=O)NNC(=O)c2cccc([N+](=O)[O-])c2)s1)C1CC1. The van der Waals surface area contributed by atoms with E-state index in [4.69, 9.17) is 0 Å². The van der Waals surface area contributed by atoms with Crippen LogP contribution in [-0.2, 0) is 9.59 Å². The number of carbonyl (C=O) groups is 3. The summed E-state index contributed by atoms with van der Waals surface area (Å²) in [6.07, 6.45) is 1.88. The number of hydrogen-bond donors (Lipinski definition) is 2. The number of hydrazine groups is 1. The average Bonchev–Trinajstić information content (AvgIpc) is 3.41. The number of carbonyl (C=O) groups excluding carboxylic acids is 3. The minimum Gasteiger partial charge on any atom is -0.284 e. The summed E-state index contributed by atoms with van der Waals surface area (Å²) in [7, 11) is 0. The van der Waals surface area contributed by atoms with Gasteiger partial charge in [-0.1, -0.05) is 29.2 Å². The summed E-state index contributed by atoms with van der Waals surface area (Å²) in [6, 6.07) is 5.32. The number of rotatable bonds is 7. The average molecular weight is 436 g/mol. The zero-order valence-electron chi connectivity index (χ0n) is 15.2. The van der Waals surface area contributed by atoms with E-state index in [0.717, 1.165) is 30.7 Å². The van der Waals surface area contributed by atoms with Crippen molar-refractivity contribution in [2.75, 3.05) is 10.7 Å². The number of nitro benzene ring substituents is 1. The van der Waals surface area contributed by atoms with Crippen LogP contribution in [0.3, 0.4) is 0 Å². The van der Waals surface area contributed by atoms with Crippen LogP contribution in [0.2, 0.25) is 0 Å². The van der Waals surface area contributed by atoms with Gasteiger partial charge < -0.3 is 0 Å². The topological polar surface area (TPSA) is 147 Å². The highest BCUT2D eigenvalue weighted by atomic mass is 32.2.